The lowest BCUT2D eigenvalue weighted by molar-refractivity contribution is 0.163. The van der Waals surface area contributed by atoms with E-state index in [-0.39, 0.29) is 0 Å². The van der Waals surface area contributed by atoms with Crippen LogP contribution in [-0.4, -0.2) is 15.6 Å². The van der Waals surface area contributed by atoms with Crippen molar-refractivity contribution in [1.29, 1.82) is 0 Å². The van der Waals surface area contributed by atoms with Crippen LogP contribution in [0.2, 0.25) is 0 Å². The van der Waals surface area contributed by atoms with E-state index in [0.717, 1.165) is 11.3 Å². The molecule has 0 fully saturated rings. The lowest BCUT2D eigenvalue weighted by atomic mass is 10.1. The summed E-state index contributed by atoms with van der Waals surface area (Å²) in [5.41, 5.74) is 1.72. The number of aromatic nitrogens is 1. The van der Waals surface area contributed by atoms with E-state index in [4.69, 9.17) is 4.52 Å². The van der Waals surface area contributed by atoms with E-state index in [9.17, 15) is 5.11 Å². The average molecular weight is 268 g/mol. The van der Waals surface area contributed by atoms with E-state index in [1.54, 1.807) is 6.07 Å². The molecule has 78 valence electrons. The Bertz CT molecular complexity index is 427. The predicted molar refractivity (Wildman–Crippen MR) is 60.7 cm³/mol. The Morgan fingerprint density at radius 2 is 2.07 bits per heavy atom. The van der Waals surface area contributed by atoms with Gasteiger partial charge in [-0.15, -0.1) is 0 Å². The summed E-state index contributed by atoms with van der Waals surface area (Å²) >= 11 is 3.18. The van der Waals surface area contributed by atoms with E-state index in [0.29, 0.717) is 11.1 Å². The topological polar surface area (TPSA) is 46.3 Å². The number of benzene rings is 1. The highest BCUT2D eigenvalue weighted by Gasteiger charge is 2.13. The van der Waals surface area contributed by atoms with Crippen LogP contribution in [0.5, 0.6) is 0 Å². The Morgan fingerprint density at radius 3 is 2.73 bits per heavy atom. The van der Waals surface area contributed by atoms with E-state index in [1.165, 1.54) is 0 Å². The molecular formula is C11H10BrNO2. The van der Waals surface area contributed by atoms with Crippen molar-refractivity contribution in [1.82, 2.24) is 5.16 Å². The molecule has 1 aromatic carbocycles. The summed E-state index contributed by atoms with van der Waals surface area (Å²) in [5.74, 6) is 0.478. The number of aliphatic hydroxyl groups is 1. The standard InChI is InChI=1S/C11H10BrNO2/c12-7-10(14)11-6-9(13-15-11)8-4-2-1-3-5-8/h1-6,10,14H,7H2. The lowest BCUT2D eigenvalue weighted by Gasteiger charge is -1.98. The summed E-state index contributed by atoms with van der Waals surface area (Å²) in [5, 5.41) is 13.8. The van der Waals surface area contributed by atoms with E-state index < -0.39 is 6.10 Å². The van der Waals surface area contributed by atoms with Crippen molar-refractivity contribution >= 4 is 15.9 Å². The summed E-state index contributed by atoms with van der Waals surface area (Å²) < 4.78 is 5.04. The third-order valence-electron chi connectivity index (χ3n) is 2.07. The Kier molecular flexibility index (Phi) is 3.18. The fourth-order valence-electron chi connectivity index (χ4n) is 1.27. The normalized spacial score (nSPS) is 12.7. The Morgan fingerprint density at radius 1 is 1.33 bits per heavy atom. The zero-order chi connectivity index (χ0) is 10.7. The van der Waals surface area contributed by atoms with Gasteiger partial charge in [0.05, 0.1) is 0 Å². The number of alkyl halides is 1. The molecular weight excluding hydrogens is 258 g/mol. The summed E-state index contributed by atoms with van der Waals surface area (Å²) in [4.78, 5) is 0. The minimum Gasteiger partial charge on any atom is -0.384 e. The first kappa shape index (κ1) is 10.4. The van der Waals surface area contributed by atoms with Crippen LogP contribution in [0, 0.1) is 0 Å². The van der Waals surface area contributed by atoms with Gasteiger partial charge in [-0.2, -0.15) is 0 Å². The van der Waals surface area contributed by atoms with Gasteiger partial charge in [-0.1, -0.05) is 51.4 Å². The molecule has 0 aliphatic carbocycles. The van der Waals surface area contributed by atoms with Crippen molar-refractivity contribution in [2.75, 3.05) is 5.33 Å². The van der Waals surface area contributed by atoms with Crippen molar-refractivity contribution in [2.45, 2.75) is 6.10 Å². The monoisotopic (exact) mass is 267 g/mol. The van der Waals surface area contributed by atoms with E-state index >= 15 is 0 Å². The van der Waals surface area contributed by atoms with Gasteiger partial charge in [0.1, 0.15) is 11.8 Å². The van der Waals surface area contributed by atoms with Crippen LogP contribution >= 0.6 is 15.9 Å². The van der Waals surface area contributed by atoms with Crippen molar-refractivity contribution in [3.05, 3.63) is 42.2 Å². The van der Waals surface area contributed by atoms with Crippen LogP contribution in [0.25, 0.3) is 11.3 Å². The highest BCUT2D eigenvalue weighted by atomic mass is 79.9. The largest absolute Gasteiger partial charge is 0.384 e. The molecule has 4 heteroatoms. The maximum Gasteiger partial charge on any atom is 0.166 e. The average Bonchev–Trinajstić information content (AvgIpc) is 2.78. The zero-order valence-electron chi connectivity index (χ0n) is 7.93. The molecule has 2 aromatic rings. The number of hydrogen-bond donors (Lipinski definition) is 1. The van der Waals surface area contributed by atoms with Gasteiger partial charge in [-0.25, -0.2) is 0 Å². The van der Waals surface area contributed by atoms with Crippen LogP contribution < -0.4 is 0 Å². The molecule has 0 spiro atoms. The van der Waals surface area contributed by atoms with Gasteiger partial charge >= 0.3 is 0 Å². The third kappa shape index (κ3) is 2.27. The fraction of sp³-hybridized carbons (Fsp3) is 0.182. The van der Waals surface area contributed by atoms with E-state index in [1.807, 2.05) is 30.3 Å². The molecule has 1 heterocycles. The number of aliphatic hydroxyl groups excluding tert-OH is 1. The molecule has 2 rings (SSSR count). The van der Waals surface area contributed by atoms with Crippen LogP contribution in [0.3, 0.4) is 0 Å². The number of hydrogen-bond acceptors (Lipinski definition) is 3. The van der Waals surface area contributed by atoms with Gasteiger partial charge in [0.25, 0.3) is 0 Å². The quantitative estimate of drug-likeness (QED) is 0.870. The van der Waals surface area contributed by atoms with Crippen molar-refractivity contribution in [2.24, 2.45) is 0 Å². The lowest BCUT2D eigenvalue weighted by Crippen LogP contribution is -1.95. The molecule has 0 bridgehead atoms. The van der Waals surface area contributed by atoms with Crippen molar-refractivity contribution in [3.63, 3.8) is 0 Å². The summed E-state index contributed by atoms with van der Waals surface area (Å²) in [6, 6.07) is 11.5. The first-order chi connectivity index (χ1) is 7.31. The Hall–Kier alpha value is -1.13. The fourth-order valence-corrected chi connectivity index (χ4v) is 1.59. The molecule has 0 aliphatic rings. The highest BCUT2D eigenvalue weighted by Crippen LogP contribution is 2.22. The first-order valence-corrected chi connectivity index (χ1v) is 5.69. The highest BCUT2D eigenvalue weighted by molar-refractivity contribution is 9.09. The maximum atomic E-state index is 9.51. The minimum atomic E-state index is -0.644. The van der Waals surface area contributed by atoms with Gasteiger partial charge in [-0.3, -0.25) is 0 Å². The van der Waals surface area contributed by atoms with Crippen molar-refractivity contribution < 1.29 is 9.63 Å². The van der Waals surface area contributed by atoms with Crippen LogP contribution in [0.1, 0.15) is 11.9 Å². The number of rotatable bonds is 3. The molecule has 1 aromatic heterocycles. The molecule has 0 saturated carbocycles. The predicted octanol–water partition coefficient (Wildman–Crippen LogP) is 2.77. The summed E-state index contributed by atoms with van der Waals surface area (Å²) in [7, 11) is 0. The van der Waals surface area contributed by atoms with Gasteiger partial charge in [-0.05, 0) is 0 Å². The molecule has 0 radical (unpaired) electrons. The molecule has 15 heavy (non-hydrogen) atoms. The SMILES string of the molecule is OC(CBr)c1cc(-c2ccccc2)no1. The second-order valence-electron chi connectivity index (χ2n) is 3.15. The first-order valence-electron chi connectivity index (χ1n) is 4.57. The zero-order valence-corrected chi connectivity index (χ0v) is 9.52. The van der Waals surface area contributed by atoms with Crippen molar-refractivity contribution in [3.8, 4) is 11.3 Å². The van der Waals surface area contributed by atoms with Crippen LogP contribution in [0.15, 0.2) is 40.9 Å². The van der Waals surface area contributed by atoms with Gasteiger partial charge in [0, 0.05) is 17.0 Å². The van der Waals surface area contributed by atoms with Crippen LogP contribution in [0.4, 0.5) is 0 Å². The second kappa shape index (κ2) is 4.59. The Labute approximate surface area is 95.8 Å². The number of nitrogens with zero attached hydrogens (tertiary/aromatic N) is 1. The van der Waals surface area contributed by atoms with Crippen LogP contribution in [-0.2, 0) is 0 Å². The Balaban J connectivity index is 2.28. The molecule has 3 nitrogen and oxygen atoms in total. The molecule has 0 aliphatic heterocycles. The van der Waals surface area contributed by atoms with Gasteiger partial charge in [0.2, 0.25) is 0 Å². The number of halogens is 1. The summed E-state index contributed by atoms with van der Waals surface area (Å²) in [6.45, 7) is 0. The molecule has 1 unspecified atom stereocenters. The van der Waals surface area contributed by atoms with E-state index in [2.05, 4.69) is 21.1 Å². The summed E-state index contributed by atoms with van der Waals surface area (Å²) in [6.07, 6.45) is -0.644. The third-order valence-corrected chi connectivity index (χ3v) is 2.69. The van der Waals surface area contributed by atoms with Gasteiger partial charge in [0.15, 0.2) is 5.76 Å². The second-order valence-corrected chi connectivity index (χ2v) is 3.80. The minimum absolute atomic E-state index is 0.441. The maximum absolute atomic E-state index is 9.51. The molecule has 0 saturated heterocycles. The molecule has 1 N–H and O–H groups in total. The molecule has 0 amide bonds. The smallest absolute Gasteiger partial charge is 0.166 e. The molecule has 1 atom stereocenters. The van der Waals surface area contributed by atoms with Gasteiger partial charge < -0.3 is 9.63 Å².